The van der Waals surface area contributed by atoms with E-state index in [1.165, 1.54) is 0 Å². The molecule has 0 aliphatic carbocycles. The molecule has 3 heteroatoms. The fraction of sp³-hybridized carbons (Fsp3) is 0.231. The average molecular weight is 231 g/mol. The maximum atomic E-state index is 12.2. The first kappa shape index (κ1) is 11.0. The van der Waals surface area contributed by atoms with E-state index in [9.17, 15) is 4.79 Å². The zero-order valence-corrected chi connectivity index (χ0v) is 10.4. The first-order chi connectivity index (χ1) is 7.59. The standard InChI is InChI=1S/C13H13NOS/c1-8-4-5-11(9(2)14-8)13(15)12-6-7-16-10(12)3/h4-7H,1-3H3. The lowest BCUT2D eigenvalue weighted by Gasteiger charge is -2.04. The summed E-state index contributed by atoms with van der Waals surface area (Å²) in [6.07, 6.45) is 0. The molecule has 2 aromatic rings. The monoisotopic (exact) mass is 231 g/mol. The van der Waals surface area contributed by atoms with E-state index in [1.807, 2.05) is 44.4 Å². The van der Waals surface area contributed by atoms with Crippen LogP contribution in [0.5, 0.6) is 0 Å². The molecule has 2 rings (SSSR count). The minimum Gasteiger partial charge on any atom is -0.288 e. The van der Waals surface area contributed by atoms with E-state index in [-0.39, 0.29) is 5.78 Å². The lowest BCUT2D eigenvalue weighted by molar-refractivity contribution is 0.103. The Balaban J connectivity index is 2.46. The molecule has 0 N–H and O–H groups in total. The average Bonchev–Trinajstić information content (AvgIpc) is 2.63. The molecule has 0 bridgehead atoms. The van der Waals surface area contributed by atoms with E-state index in [4.69, 9.17) is 0 Å². The van der Waals surface area contributed by atoms with E-state index in [0.29, 0.717) is 5.56 Å². The maximum absolute atomic E-state index is 12.2. The molecule has 0 radical (unpaired) electrons. The molecular formula is C13H13NOS. The number of thiophene rings is 1. The van der Waals surface area contributed by atoms with Crippen LogP contribution in [-0.2, 0) is 0 Å². The summed E-state index contributed by atoms with van der Waals surface area (Å²) in [6, 6.07) is 5.61. The highest BCUT2D eigenvalue weighted by Gasteiger charge is 2.15. The molecule has 0 saturated heterocycles. The third-order valence-corrected chi connectivity index (χ3v) is 3.42. The second-order valence-corrected chi connectivity index (χ2v) is 4.93. The topological polar surface area (TPSA) is 30.0 Å². The van der Waals surface area contributed by atoms with E-state index in [0.717, 1.165) is 21.8 Å². The predicted molar refractivity (Wildman–Crippen MR) is 66.2 cm³/mol. The number of hydrogen-bond acceptors (Lipinski definition) is 3. The van der Waals surface area contributed by atoms with Crippen LogP contribution in [0, 0.1) is 20.8 Å². The van der Waals surface area contributed by atoms with E-state index >= 15 is 0 Å². The molecule has 0 amide bonds. The van der Waals surface area contributed by atoms with Gasteiger partial charge >= 0.3 is 0 Å². The van der Waals surface area contributed by atoms with Crippen molar-refractivity contribution in [3.63, 3.8) is 0 Å². The van der Waals surface area contributed by atoms with Crippen LogP contribution in [-0.4, -0.2) is 10.8 Å². The van der Waals surface area contributed by atoms with Gasteiger partial charge in [0.1, 0.15) is 0 Å². The van der Waals surface area contributed by atoms with Crippen molar-refractivity contribution in [3.8, 4) is 0 Å². The molecule has 0 fully saturated rings. The molecule has 0 aliphatic heterocycles. The Kier molecular flexibility index (Phi) is 2.88. The largest absolute Gasteiger partial charge is 0.288 e. The summed E-state index contributed by atoms with van der Waals surface area (Å²) < 4.78 is 0. The Bertz CT molecular complexity index is 543. The number of ketones is 1. The van der Waals surface area contributed by atoms with Crippen molar-refractivity contribution in [3.05, 3.63) is 51.0 Å². The molecule has 0 aromatic carbocycles. The first-order valence-corrected chi connectivity index (χ1v) is 6.00. The van der Waals surface area contributed by atoms with Crippen molar-refractivity contribution in [2.75, 3.05) is 0 Å². The van der Waals surface area contributed by atoms with Crippen LogP contribution in [0.25, 0.3) is 0 Å². The van der Waals surface area contributed by atoms with Crippen molar-refractivity contribution < 1.29 is 4.79 Å². The second-order valence-electron chi connectivity index (χ2n) is 3.81. The Morgan fingerprint density at radius 3 is 2.44 bits per heavy atom. The predicted octanol–water partition coefficient (Wildman–Crippen LogP) is 3.30. The summed E-state index contributed by atoms with van der Waals surface area (Å²) >= 11 is 1.60. The molecule has 0 aliphatic rings. The summed E-state index contributed by atoms with van der Waals surface area (Å²) in [6.45, 7) is 5.77. The molecule has 0 unspecified atom stereocenters. The fourth-order valence-corrected chi connectivity index (χ4v) is 2.39. The normalized spacial score (nSPS) is 10.4. The lowest BCUT2D eigenvalue weighted by Crippen LogP contribution is -2.05. The minimum atomic E-state index is 0.0729. The number of carbonyl (C=O) groups excluding carboxylic acids is 1. The van der Waals surface area contributed by atoms with Gasteiger partial charge in [0.25, 0.3) is 0 Å². The molecule has 2 heterocycles. The second kappa shape index (κ2) is 4.18. The Morgan fingerprint density at radius 1 is 1.12 bits per heavy atom. The van der Waals surface area contributed by atoms with Gasteiger partial charge in [0, 0.05) is 27.4 Å². The third kappa shape index (κ3) is 1.91. The SMILES string of the molecule is Cc1ccc(C(=O)c2ccsc2C)c(C)n1. The van der Waals surface area contributed by atoms with Crippen molar-refractivity contribution in [1.82, 2.24) is 4.98 Å². The number of hydrogen-bond donors (Lipinski definition) is 0. The van der Waals surface area contributed by atoms with Crippen LogP contribution in [0.1, 0.15) is 32.2 Å². The van der Waals surface area contributed by atoms with Gasteiger partial charge in [-0.1, -0.05) is 0 Å². The maximum Gasteiger partial charge on any atom is 0.195 e. The molecule has 0 spiro atoms. The van der Waals surface area contributed by atoms with E-state index in [1.54, 1.807) is 11.3 Å². The van der Waals surface area contributed by atoms with Gasteiger partial charge in [0.15, 0.2) is 5.78 Å². The minimum absolute atomic E-state index is 0.0729. The van der Waals surface area contributed by atoms with Gasteiger partial charge in [-0.25, -0.2) is 0 Å². The Hall–Kier alpha value is -1.48. The lowest BCUT2D eigenvalue weighted by atomic mass is 10.0. The van der Waals surface area contributed by atoms with Gasteiger partial charge in [0.05, 0.1) is 0 Å². The van der Waals surface area contributed by atoms with E-state index in [2.05, 4.69) is 4.98 Å². The van der Waals surface area contributed by atoms with Crippen LogP contribution < -0.4 is 0 Å². The first-order valence-electron chi connectivity index (χ1n) is 5.12. The van der Waals surface area contributed by atoms with Crippen LogP contribution in [0.4, 0.5) is 0 Å². The highest BCUT2D eigenvalue weighted by molar-refractivity contribution is 7.10. The van der Waals surface area contributed by atoms with Gasteiger partial charge in [-0.05, 0) is 44.4 Å². The quantitative estimate of drug-likeness (QED) is 0.742. The van der Waals surface area contributed by atoms with Crippen molar-refractivity contribution in [2.45, 2.75) is 20.8 Å². The molecule has 0 atom stereocenters. The van der Waals surface area contributed by atoms with Crippen molar-refractivity contribution >= 4 is 17.1 Å². The van der Waals surface area contributed by atoms with Crippen molar-refractivity contribution in [1.29, 1.82) is 0 Å². The number of pyridine rings is 1. The summed E-state index contributed by atoms with van der Waals surface area (Å²) in [5, 5.41) is 1.94. The number of aryl methyl sites for hydroxylation is 3. The van der Waals surface area contributed by atoms with Gasteiger partial charge in [0.2, 0.25) is 0 Å². The smallest absolute Gasteiger partial charge is 0.195 e. The van der Waals surface area contributed by atoms with Crippen LogP contribution in [0.15, 0.2) is 23.6 Å². The zero-order chi connectivity index (χ0) is 11.7. The summed E-state index contributed by atoms with van der Waals surface area (Å²) in [5.41, 5.74) is 3.23. The third-order valence-electron chi connectivity index (χ3n) is 2.57. The van der Waals surface area contributed by atoms with Crippen LogP contribution in [0.3, 0.4) is 0 Å². The summed E-state index contributed by atoms with van der Waals surface area (Å²) in [4.78, 5) is 17.6. The number of rotatable bonds is 2. The Morgan fingerprint density at radius 2 is 1.88 bits per heavy atom. The molecular weight excluding hydrogens is 218 g/mol. The highest BCUT2D eigenvalue weighted by Crippen LogP contribution is 2.20. The molecule has 2 nitrogen and oxygen atoms in total. The highest BCUT2D eigenvalue weighted by atomic mass is 32.1. The molecule has 0 saturated carbocycles. The summed E-state index contributed by atoms with van der Waals surface area (Å²) in [7, 11) is 0. The van der Waals surface area contributed by atoms with Crippen LogP contribution >= 0.6 is 11.3 Å². The van der Waals surface area contributed by atoms with E-state index < -0.39 is 0 Å². The molecule has 2 aromatic heterocycles. The van der Waals surface area contributed by atoms with Crippen LogP contribution in [0.2, 0.25) is 0 Å². The number of carbonyl (C=O) groups is 1. The van der Waals surface area contributed by atoms with Crippen molar-refractivity contribution in [2.24, 2.45) is 0 Å². The molecule has 16 heavy (non-hydrogen) atoms. The summed E-state index contributed by atoms with van der Waals surface area (Å²) in [5.74, 6) is 0.0729. The molecule has 82 valence electrons. The van der Waals surface area contributed by atoms with Gasteiger partial charge in [-0.3, -0.25) is 9.78 Å². The van der Waals surface area contributed by atoms with Gasteiger partial charge < -0.3 is 0 Å². The Labute approximate surface area is 99.0 Å². The fourth-order valence-electron chi connectivity index (χ4n) is 1.69. The zero-order valence-electron chi connectivity index (χ0n) is 9.57. The number of nitrogens with zero attached hydrogens (tertiary/aromatic N) is 1. The van der Waals surface area contributed by atoms with Gasteiger partial charge in [-0.15, -0.1) is 11.3 Å². The number of aromatic nitrogens is 1. The van der Waals surface area contributed by atoms with Gasteiger partial charge in [-0.2, -0.15) is 0 Å².